The molecule has 12 heteroatoms. The Hall–Kier alpha value is -3.27. The molecular formula is C25H19Cl3F3N3O3. The molecule has 0 heterocycles. The highest BCUT2D eigenvalue weighted by Gasteiger charge is 2.30. The molecule has 0 saturated carbocycles. The van der Waals surface area contributed by atoms with E-state index in [1.54, 1.807) is 36.4 Å². The Morgan fingerprint density at radius 2 is 1.62 bits per heavy atom. The SMILES string of the molecule is O=C(CCC(=O)Nc1cccc(C(F)(F)F)c1)NN=Cc1cc(Cl)ccc1OCc1ccc(Cl)cc1Cl. The highest BCUT2D eigenvalue weighted by Crippen LogP contribution is 2.30. The van der Waals surface area contributed by atoms with Crippen LogP contribution in [0, 0.1) is 0 Å². The number of rotatable bonds is 9. The predicted molar refractivity (Wildman–Crippen MR) is 137 cm³/mol. The van der Waals surface area contributed by atoms with Gasteiger partial charge in [0, 0.05) is 44.7 Å². The van der Waals surface area contributed by atoms with E-state index in [0.29, 0.717) is 31.9 Å². The fourth-order valence-electron chi connectivity index (χ4n) is 3.00. The average molecular weight is 573 g/mol. The maximum absolute atomic E-state index is 12.8. The molecule has 0 aromatic heterocycles. The van der Waals surface area contributed by atoms with Gasteiger partial charge in [-0.1, -0.05) is 46.9 Å². The fourth-order valence-corrected chi connectivity index (χ4v) is 3.64. The summed E-state index contributed by atoms with van der Waals surface area (Å²) in [6.45, 7) is 0.145. The number of nitrogens with one attached hydrogen (secondary N) is 2. The summed E-state index contributed by atoms with van der Waals surface area (Å²) in [6, 6.07) is 14.1. The minimum Gasteiger partial charge on any atom is -0.488 e. The van der Waals surface area contributed by atoms with E-state index >= 15 is 0 Å². The highest BCUT2D eigenvalue weighted by atomic mass is 35.5. The van der Waals surface area contributed by atoms with Crippen molar-refractivity contribution in [1.82, 2.24) is 5.43 Å². The lowest BCUT2D eigenvalue weighted by atomic mass is 10.2. The molecule has 0 fully saturated rings. The summed E-state index contributed by atoms with van der Waals surface area (Å²) < 4.78 is 44.2. The molecule has 0 saturated heterocycles. The van der Waals surface area contributed by atoms with Gasteiger partial charge in [0.05, 0.1) is 11.8 Å². The molecule has 3 aromatic rings. The second-order valence-electron chi connectivity index (χ2n) is 7.63. The molecule has 0 aliphatic rings. The highest BCUT2D eigenvalue weighted by molar-refractivity contribution is 6.35. The number of hydrazone groups is 1. The van der Waals surface area contributed by atoms with Crippen molar-refractivity contribution in [3.63, 3.8) is 0 Å². The molecule has 6 nitrogen and oxygen atoms in total. The number of hydrogen-bond acceptors (Lipinski definition) is 4. The number of carbonyl (C=O) groups is 2. The van der Waals surface area contributed by atoms with Crippen LogP contribution in [-0.4, -0.2) is 18.0 Å². The summed E-state index contributed by atoms with van der Waals surface area (Å²) in [5.41, 5.74) is 2.55. The maximum Gasteiger partial charge on any atom is 0.416 e. The number of anilines is 1. The summed E-state index contributed by atoms with van der Waals surface area (Å²) in [6.07, 6.45) is -3.71. The topological polar surface area (TPSA) is 79.8 Å². The molecule has 0 spiro atoms. The van der Waals surface area contributed by atoms with Gasteiger partial charge in [0.15, 0.2) is 0 Å². The molecule has 0 atom stereocenters. The van der Waals surface area contributed by atoms with Gasteiger partial charge in [-0.3, -0.25) is 9.59 Å². The molecular weight excluding hydrogens is 554 g/mol. The van der Waals surface area contributed by atoms with Crippen molar-refractivity contribution in [3.05, 3.63) is 92.4 Å². The molecule has 0 unspecified atom stereocenters. The Kier molecular flexibility index (Phi) is 9.79. The minimum absolute atomic E-state index is 0.0216. The van der Waals surface area contributed by atoms with Crippen LogP contribution in [0.4, 0.5) is 18.9 Å². The van der Waals surface area contributed by atoms with Crippen LogP contribution in [0.1, 0.15) is 29.5 Å². The Bertz CT molecular complexity index is 1320. The summed E-state index contributed by atoms with van der Waals surface area (Å²) in [4.78, 5) is 24.1. The fraction of sp³-hybridized carbons (Fsp3) is 0.160. The van der Waals surface area contributed by atoms with E-state index in [-0.39, 0.29) is 25.1 Å². The molecule has 3 rings (SSSR count). The van der Waals surface area contributed by atoms with Gasteiger partial charge >= 0.3 is 6.18 Å². The van der Waals surface area contributed by atoms with Crippen molar-refractivity contribution in [2.24, 2.45) is 5.10 Å². The number of benzene rings is 3. The number of halogens is 6. The second kappa shape index (κ2) is 12.8. The summed E-state index contributed by atoms with van der Waals surface area (Å²) in [5, 5.41) is 7.55. The van der Waals surface area contributed by atoms with Gasteiger partial charge in [-0.05, 0) is 48.5 Å². The normalized spacial score (nSPS) is 11.4. The van der Waals surface area contributed by atoms with E-state index in [1.165, 1.54) is 18.3 Å². The first-order valence-electron chi connectivity index (χ1n) is 10.7. The number of hydrogen-bond donors (Lipinski definition) is 2. The lowest BCUT2D eigenvalue weighted by molar-refractivity contribution is -0.137. The maximum atomic E-state index is 12.8. The molecule has 2 N–H and O–H groups in total. The second-order valence-corrected chi connectivity index (χ2v) is 8.91. The van der Waals surface area contributed by atoms with Gasteiger partial charge in [-0.15, -0.1) is 0 Å². The predicted octanol–water partition coefficient (Wildman–Crippen LogP) is 7.11. The largest absolute Gasteiger partial charge is 0.488 e. The van der Waals surface area contributed by atoms with Crippen LogP contribution in [0.5, 0.6) is 5.75 Å². The number of amides is 2. The van der Waals surface area contributed by atoms with Gasteiger partial charge < -0.3 is 10.1 Å². The van der Waals surface area contributed by atoms with Crippen LogP contribution in [0.25, 0.3) is 0 Å². The van der Waals surface area contributed by atoms with Gasteiger partial charge in [0.2, 0.25) is 11.8 Å². The Morgan fingerprint density at radius 3 is 2.35 bits per heavy atom. The van der Waals surface area contributed by atoms with Crippen LogP contribution in [-0.2, 0) is 22.4 Å². The third-order valence-corrected chi connectivity index (χ3v) is 5.64. The average Bonchev–Trinajstić information content (AvgIpc) is 2.83. The third kappa shape index (κ3) is 8.96. The molecule has 0 aliphatic heterocycles. The lowest BCUT2D eigenvalue weighted by Gasteiger charge is -2.11. The Balaban J connectivity index is 1.52. The Morgan fingerprint density at radius 1 is 0.919 bits per heavy atom. The third-order valence-electron chi connectivity index (χ3n) is 4.82. The van der Waals surface area contributed by atoms with Gasteiger partial charge in [0.25, 0.3) is 0 Å². The quantitative estimate of drug-likeness (QED) is 0.212. The molecule has 194 valence electrons. The van der Waals surface area contributed by atoms with Crippen molar-refractivity contribution in [1.29, 1.82) is 0 Å². The molecule has 0 bridgehead atoms. The molecule has 0 radical (unpaired) electrons. The van der Waals surface area contributed by atoms with E-state index in [2.05, 4.69) is 15.8 Å². The minimum atomic E-state index is -4.53. The van der Waals surface area contributed by atoms with Gasteiger partial charge in [-0.2, -0.15) is 18.3 Å². The summed E-state index contributed by atoms with van der Waals surface area (Å²) >= 11 is 18.1. The first-order chi connectivity index (χ1) is 17.5. The van der Waals surface area contributed by atoms with Crippen LogP contribution in [0.15, 0.2) is 65.8 Å². The van der Waals surface area contributed by atoms with Crippen molar-refractivity contribution >= 4 is 58.5 Å². The van der Waals surface area contributed by atoms with Crippen molar-refractivity contribution in [2.75, 3.05) is 5.32 Å². The number of alkyl halides is 3. The standard InChI is InChI=1S/C25H19Cl3F3N3O3/c26-18-6-7-22(37-14-15-4-5-19(27)12-21(15)28)16(10-18)13-32-34-24(36)9-8-23(35)33-20-3-1-2-17(11-20)25(29,30)31/h1-7,10-13H,8-9,14H2,(H,33,35)(H,34,36). The van der Waals surface area contributed by atoms with Crippen LogP contribution >= 0.6 is 34.8 Å². The monoisotopic (exact) mass is 571 g/mol. The van der Waals surface area contributed by atoms with Crippen LogP contribution in [0.3, 0.4) is 0 Å². The van der Waals surface area contributed by atoms with Crippen LogP contribution in [0.2, 0.25) is 15.1 Å². The van der Waals surface area contributed by atoms with Crippen molar-refractivity contribution in [2.45, 2.75) is 25.6 Å². The van der Waals surface area contributed by atoms with E-state index in [0.717, 1.165) is 12.1 Å². The van der Waals surface area contributed by atoms with Gasteiger partial charge in [-0.25, -0.2) is 5.43 Å². The smallest absolute Gasteiger partial charge is 0.416 e. The van der Waals surface area contributed by atoms with E-state index in [9.17, 15) is 22.8 Å². The number of carbonyl (C=O) groups excluding carboxylic acids is 2. The van der Waals surface area contributed by atoms with E-state index < -0.39 is 23.6 Å². The summed E-state index contributed by atoms with van der Waals surface area (Å²) in [7, 11) is 0. The first-order valence-corrected chi connectivity index (χ1v) is 11.8. The zero-order chi connectivity index (χ0) is 27.0. The van der Waals surface area contributed by atoms with E-state index in [4.69, 9.17) is 39.5 Å². The molecule has 0 aliphatic carbocycles. The number of ether oxygens (including phenoxy) is 1. The molecule has 37 heavy (non-hydrogen) atoms. The molecule has 2 amide bonds. The zero-order valence-electron chi connectivity index (χ0n) is 18.9. The van der Waals surface area contributed by atoms with Crippen LogP contribution < -0.4 is 15.5 Å². The molecule has 3 aromatic carbocycles. The van der Waals surface area contributed by atoms with Crippen molar-refractivity contribution < 1.29 is 27.5 Å². The number of nitrogens with zero attached hydrogens (tertiary/aromatic N) is 1. The first kappa shape index (κ1) is 28.3. The summed E-state index contributed by atoms with van der Waals surface area (Å²) in [5.74, 6) is -0.772. The Labute approximate surface area is 225 Å². The lowest BCUT2D eigenvalue weighted by Crippen LogP contribution is -2.20. The van der Waals surface area contributed by atoms with Gasteiger partial charge in [0.1, 0.15) is 12.4 Å². The van der Waals surface area contributed by atoms with Crippen molar-refractivity contribution in [3.8, 4) is 5.75 Å². The zero-order valence-corrected chi connectivity index (χ0v) is 21.2. The van der Waals surface area contributed by atoms with E-state index in [1.807, 2.05) is 0 Å².